The molecule has 1 aliphatic heterocycles. The fourth-order valence-electron chi connectivity index (χ4n) is 3.36. The number of nitrogens with zero attached hydrogens (tertiary/aromatic N) is 1. The molecule has 35 heavy (non-hydrogen) atoms. The van der Waals surface area contributed by atoms with Gasteiger partial charge in [0.15, 0.2) is 5.11 Å². The molecule has 2 aromatic carbocycles. The molecule has 10 nitrogen and oxygen atoms in total. The molecule has 1 saturated heterocycles. The molecule has 1 fully saturated rings. The van der Waals surface area contributed by atoms with Gasteiger partial charge in [0.05, 0.1) is 19.1 Å². The lowest BCUT2D eigenvalue weighted by Crippen LogP contribution is -2.60. The molecule has 0 radical (unpaired) electrons. The molecule has 1 atom stereocenters. The topological polar surface area (TPSA) is 123 Å². The Morgan fingerprint density at radius 1 is 1.09 bits per heavy atom. The Morgan fingerprint density at radius 2 is 1.83 bits per heavy atom. The number of ether oxygens (including phenoxy) is 3. The highest BCUT2D eigenvalue weighted by molar-refractivity contribution is 7.80. The van der Waals surface area contributed by atoms with Gasteiger partial charge in [0, 0.05) is 18.7 Å². The number of para-hydroxylation sites is 1. The van der Waals surface area contributed by atoms with Gasteiger partial charge in [-0.25, -0.2) is 4.79 Å². The van der Waals surface area contributed by atoms with Crippen molar-refractivity contribution in [3.05, 3.63) is 65.7 Å². The second-order valence-corrected chi connectivity index (χ2v) is 7.80. The lowest BCUT2D eigenvalue weighted by molar-refractivity contribution is -0.148. The van der Waals surface area contributed by atoms with Gasteiger partial charge >= 0.3 is 11.9 Å². The second-order valence-electron chi connectivity index (χ2n) is 7.42. The predicted molar refractivity (Wildman–Crippen MR) is 129 cm³/mol. The third-order valence-electron chi connectivity index (χ3n) is 5.08. The number of hydrogen-bond donors (Lipinski definition) is 2. The van der Waals surface area contributed by atoms with Crippen molar-refractivity contribution in [2.45, 2.75) is 12.5 Å². The van der Waals surface area contributed by atoms with E-state index in [1.807, 2.05) is 18.2 Å². The maximum absolute atomic E-state index is 12.7. The van der Waals surface area contributed by atoms with Crippen LogP contribution in [0.3, 0.4) is 0 Å². The molecular formula is C24H25N3O7S. The fraction of sp³-hybridized carbons (Fsp3) is 0.292. The summed E-state index contributed by atoms with van der Waals surface area (Å²) in [6.07, 6.45) is -0.259. The van der Waals surface area contributed by atoms with Gasteiger partial charge in [-0.1, -0.05) is 24.3 Å². The van der Waals surface area contributed by atoms with Gasteiger partial charge in [-0.2, -0.15) is 0 Å². The molecule has 1 heterocycles. The number of hydrogen-bond acceptors (Lipinski definition) is 8. The van der Waals surface area contributed by atoms with Crippen LogP contribution in [0.2, 0.25) is 0 Å². The fourth-order valence-corrected chi connectivity index (χ4v) is 3.67. The molecule has 0 aromatic heterocycles. The van der Waals surface area contributed by atoms with Gasteiger partial charge in [-0.05, 0) is 42.5 Å². The van der Waals surface area contributed by atoms with Gasteiger partial charge in [0.1, 0.15) is 25.0 Å². The van der Waals surface area contributed by atoms with Crippen molar-refractivity contribution in [2.75, 3.05) is 33.4 Å². The Balaban J connectivity index is 1.55. The highest BCUT2D eigenvalue weighted by Crippen LogP contribution is 2.13. The van der Waals surface area contributed by atoms with E-state index in [0.29, 0.717) is 18.8 Å². The summed E-state index contributed by atoms with van der Waals surface area (Å²) in [4.78, 5) is 50.7. The third-order valence-corrected chi connectivity index (χ3v) is 5.41. The maximum Gasteiger partial charge on any atom is 0.337 e. The molecule has 1 aliphatic rings. The number of esters is 2. The van der Waals surface area contributed by atoms with E-state index < -0.39 is 29.8 Å². The van der Waals surface area contributed by atoms with Crippen molar-refractivity contribution in [2.24, 2.45) is 0 Å². The summed E-state index contributed by atoms with van der Waals surface area (Å²) >= 11 is 5.35. The molecule has 11 heteroatoms. The summed E-state index contributed by atoms with van der Waals surface area (Å²) in [5.74, 6) is -1.50. The highest BCUT2D eigenvalue weighted by atomic mass is 32.1. The zero-order valence-electron chi connectivity index (χ0n) is 19.0. The molecule has 2 N–H and O–H groups in total. The zero-order chi connectivity index (χ0) is 25.2. The Bertz CT molecular complexity index is 1090. The summed E-state index contributed by atoms with van der Waals surface area (Å²) in [5, 5.41) is 5.23. The van der Waals surface area contributed by atoms with Crippen LogP contribution in [0.25, 0.3) is 0 Å². The summed E-state index contributed by atoms with van der Waals surface area (Å²) in [7, 11) is 1.24. The Labute approximate surface area is 207 Å². The monoisotopic (exact) mass is 499 g/mol. The SMILES string of the molecule is COC(=O)c1cccc(C(=O)NC(=S)N2CCNC(=O)C2CC(=O)OCCOc2ccccc2)c1. The molecule has 0 saturated carbocycles. The molecular weight excluding hydrogens is 474 g/mol. The van der Waals surface area contributed by atoms with E-state index in [-0.39, 0.29) is 35.9 Å². The summed E-state index contributed by atoms with van der Waals surface area (Å²) < 4.78 is 15.3. The zero-order valence-corrected chi connectivity index (χ0v) is 19.8. The number of methoxy groups -OCH3 is 1. The van der Waals surface area contributed by atoms with E-state index in [1.165, 1.54) is 30.2 Å². The first-order valence-corrected chi connectivity index (χ1v) is 11.2. The molecule has 0 spiro atoms. The van der Waals surface area contributed by atoms with Crippen molar-refractivity contribution in [1.29, 1.82) is 0 Å². The van der Waals surface area contributed by atoms with E-state index in [9.17, 15) is 19.2 Å². The molecule has 3 rings (SSSR count). The maximum atomic E-state index is 12.7. The van der Waals surface area contributed by atoms with E-state index >= 15 is 0 Å². The first kappa shape index (κ1) is 25.6. The van der Waals surface area contributed by atoms with E-state index in [1.54, 1.807) is 18.2 Å². The standard InChI is InChI=1S/C24H25N3O7S/c1-32-23(31)17-7-5-6-16(14-17)21(29)26-24(35)27-11-10-25-22(30)19(27)15-20(28)34-13-12-33-18-8-3-2-4-9-18/h2-9,14,19H,10-13,15H2,1H3,(H,25,30)(H,26,29,35). The number of rotatable bonds is 8. The van der Waals surface area contributed by atoms with Crippen molar-refractivity contribution >= 4 is 41.1 Å². The van der Waals surface area contributed by atoms with E-state index in [4.69, 9.17) is 21.7 Å². The number of nitrogens with one attached hydrogen (secondary N) is 2. The average molecular weight is 500 g/mol. The first-order chi connectivity index (χ1) is 16.9. The van der Waals surface area contributed by atoms with Crippen LogP contribution in [-0.2, 0) is 19.1 Å². The van der Waals surface area contributed by atoms with Crippen LogP contribution in [0.4, 0.5) is 0 Å². The Morgan fingerprint density at radius 3 is 2.57 bits per heavy atom. The lowest BCUT2D eigenvalue weighted by atomic mass is 10.1. The van der Waals surface area contributed by atoms with Crippen LogP contribution in [0.1, 0.15) is 27.1 Å². The third kappa shape index (κ3) is 7.24. The average Bonchev–Trinajstić information content (AvgIpc) is 2.88. The Hall–Kier alpha value is -3.99. The molecule has 0 bridgehead atoms. The van der Waals surface area contributed by atoms with E-state index in [2.05, 4.69) is 15.4 Å². The minimum absolute atomic E-state index is 0.0137. The molecule has 2 amide bonds. The second kappa shape index (κ2) is 12.5. The van der Waals surface area contributed by atoms with Crippen LogP contribution in [0, 0.1) is 0 Å². The Kier molecular flexibility index (Phi) is 9.13. The van der Waals surface area contributed by atoms with E-state index in [0.717, 1.165) is 0 Å². The number of thiocarbonyl (C=S) groups is 1. The molecule has 184 valence electrons. The van der Waals surface area contributed by atoms with Gasteiger partial charge in [-0.15, -0.1) is 0 Å². The smallest absolute Gasteiger partial charge is 0.337 e. The summed E-state index contributed by atoms with van der Waals surface area (Å²) in [6.45, 7) is 0.764. The normalized spacial score (nSPS) is 14.9. The first-order valence-electron chi connectivity index (χ1n) is 10.8. The highest BCUT2D eigenvalue weighted by Gasteiger charge is 2.34. The van der Waals surface area contributed by atoms with Crippen molar-refractivity contribution in [3.63, 3.8) is 0 Å². The molecule has 2 aromatic rings. The van der Waals surface area contributed by atoms with Crippen LogP contribution in [-0.4, -0.2) is 73.2 Å². The number of carbonyl (C=O) groups excluding carboxylic acids is 4. The minimum atomic E-state index is -0.944. The van der Waals surface area contributed by atoms with Gasteiger partial charge in [-0.3, -0.25) is 19.7 Å². The van der Waals surface area contributed by atoms with Crippen molar-refractivity contribution in [3.8, 4) is 5.75 Å². The van der Waals surface area contributed by atoms with Gasteiger partial charge in [0.25, 0.3) is 5.91 Å². The van der Waals surface area contributed by atoms with Crippen LogP contribution in [0.5, 0.6) is 5.75 Å². The largest absolute Gasteiger partial charge is 0.490 e. The minimum Gasteiger partial charge on any atom is -0.490 e. The van der Waals surface area contributed by atoms with Crippen LogP contribution < -0.4 is 15.4 Å². The number of piperazine rings is 1. The number of benzene rings is 2. The van der Waals surface area contributed by atoms with Crippen LogP contribution in [0.15, 0.2) is 54.6 Å². The van der Waals surface area contributed by atoms with Crippen molar-refractivity contribution in [1.82, 2.24) is 15.5 Å². The lowest BCUT2D eigenvalue weighted by Gasteiger charge is -2.36. The number of carbonyl (C=O) groups is 4. The molecule has 1 unspecified atom stereocenters. The van der Waals surface area contributed by atoms with Crippen molar-refractivity contribution < 1.29 is 33.4 Å². The predicted octanol–water partition coefficient (Wildman–Crippen LogP) is 1.30. The quantitative estimate of drug-likeness (QED) is 0.314. The summed E-state index contributed by atoms with van der Waals surface area (Å²) in [5.41, 5.74) is 0.395. The number of amides is 2. The van der Waals surface area contributed by atoms with Crippen LogP contribution >= 0.6 is 12.2 Å². The molecule has 0 aliphatic carbocycles. The van der Waals surface area contributed by atoms with Gasteiger partial charge in [0.2, 0.25) is 5.91 Å². The van der Waals surface area contributed by atoms with Gasteiger partial charge < -0.3 is 24.4 Å². The summed E-state index contributed by atoms with van der Waals surface area (Å²) in [6, 6.07) is 14.1.